The molecule has 1 aromatic heterocycles. The Balaban J connectivity index is 1.28. The largest absolute Gasteiger partial charge is 0.457 e. The molecule has 0 bridgehead atoms. The van der Waals surface area contributed by atoms with Crippen molar-refractivity contribution < 1.29 is 9.21 Å². The van der Waals surface area contributed by atoms with Crippen LogP contribution in [0, 0.1) is 0 Å². The van der Waals surface area contributed by atoms with Crippen molar-refractivity contribution >= 4 is 52.3 Å². The van der Waals surface area contributed by atoms with Gasteiger partial charge in [0.2, 0.25) is 5.91 Å². The summed E-state index contributed by atoms with van der Waals surface area (Å²) in [7, 11) is 0. The third-order valence-electron chi connectivity index (χ3n) is 5.65. The minimum absolute atomic E-state index is 0.241. The molecule has 1 saturated heterocycles. The number of carbonyl (C=O) groups excluding carboxylic acids is 1. The van der Waals surface area contributed by atoms with E-state index in [4.69, 9.17) is 28.2 Å². The monoisotopic (exact) mass is 479 g/mol. The molecule has 0 saturated carbocycles. The maximum Gasteiger partial charge on any atom is 0.250 e. The van der Waals surface area contributed by atoms with Crippen molar-refractivity contribution in [1.29, 1.82) is 0 Å². The van der Waals surface area contributed by atoms with Crippen LogP contribution in [0.5, 0.6) is 0 Å². The van der Waals surface area contributed by atoms with Crippen molar-refractivity contribution in [3.8, 4) is 11.3 Å². The van der Waals surface area contributed by atoms with Gasteiger partial charge in [-0.1, -0.05) is 11.6 Å². The van der Waals surface area contributed by atoms with Crippen molar-refractivity contribution in [2.45, 2.75) is 32.2 Å². The van der Waals surface area contributed by atoms with Gasteiger partial charge in [0, 0.05) is 40.6 Å². The van der Waals surface area contributed by atoms with Gasteiger partial charge < -0.3 is 14.6 Å². The van der Waals surface area contributed by atoms with E-state index in [0.29, 0.717) is 22.6 Å². The fourth-order valence-electron chi connectivity index (χ4n) is 3.90. The Hall–Kier alpha value is -3.09. The second-order valence-corrected chi connectivity index (χ2v) is 8.92. The summed E-state index contributed by atoms with van der Waals surface area (Å²) in [5, 5.41) is 6.62. The number of thiocarbonyl (C=S) groups is 1. The number of piperidine rings is 1. The van der Waals surface area contributed by atoms with Crippen LogP contribution in [0.1, 0.15) is 31.9 Å². The number of carbonyl (C=O) groups is 1. The maximum atomic E-state index is 12.2. The molecule has 2 heterocycles. The van der Waals surface area contributed by atoms with E-state index in [2.05, 4.69) is 34.6 Å². The quantitative estimate of drug-likeness (QED) is 0.323. The first kappa shape index (κ1) is 23.1. The highest BCUT2D eigenvalue weighted by Gasteiger charge is 2.18. The molecule has 1 aliphatic rings. The number of nitrogens with one attached hydrogen (secondary N) is 2. The van der Waals surface area contributed by atoms with Crippen molar-refractivity contribution in [2.24, 2.45) is 0 Å². The topological polar surface area (TPSA) is 57.5 Å². The highest BCUT2D eigenvalue weighted by molar-refractivity contribution is 7.80. The predicted molar refractivity (Wildman–Crippen MR) is 140 cm³/mol. The van der Waals surface area contributed by atoms with E-state index in [9.17, 15) is 4.79 Å². The Kier molecular flexibility index (Phi) is 7.47. The number of hydrogen-bond acceptors (Lipinski definition) is 4. The van der Waals surface area contributed by atoms with Gasteiger partial charge in [0.25, 0.3) is 0 Å². The minimum Gasteiger partial charge on any atom is -0.457 e. The molecule has 1 atom stereocenters. The molecule has 1 aliphatic heterocycles. The van der Waals surface area contributed by atoms with Gasteiger partial charge in [0.1, 0.15) is 11.5 Å². The Labute approximate surface area is 204 Å². The standard InChI is InChI=1S/C26H26ClN3O2S/c1-18-4-2-3-17-30(18)22-11-9-21(10-12-22)28-26(33)29-25(31)16-14-23-13-15-24(32-23)19-5-7-20(27)8-6-19/h5-16,18H,2-4,17H2,1H3,(H2,28,29,31,33)/b16-14+. The second kappa shape index (κ2) is 10.7. The SMILES string of the molecule is CC1CCCCN1c1ccc(NC(=S)NC(=O)/C=C/c2ccc(-c3ccc(Cl)cc3)o2)cc1. The Morgan fingerprint density at radius 1 is 1.09 bits per heavy atom. The van der Waals surface area contributed by atoms with Crippen LogP contribution in [0.25, 0.3) is 17.4 Å². The lowest BCUT2D eigenvalue weighted by molar-refractivity contribution is -0.115. The first-order valence-corrected chi connectivity index (χ1v) is 11.8. The van der Waals surface area contributed by atoms with E-state index in [1.807, 2.05) is 30.3 Å². The van der Waals surface area contributed by atoms with Crippen molar-refractivity contribution in [1.82, 2.24) is 5.32 Å². The third-order valence-corrected chi connectivity index (χ3v) is 6.11. The van der Waals surface area contributed by atoms with Gasteiger partial charge >= 0.3 is 0 Å². The fraction of sp³-hybridized carbons (Fsp3) is 0.231. The van der Waals surface area contributed by atoms with E-state index in [1.165, 1.54) is 31.0 Å². The van der Waals surface area contributed by atoms with E-state index >= 15 is 0 Å². The lowest BCUT2D eigenvalue weighted by atomic mass is 10.0. The van der Waals surface area contributed by atoms with Gasteiger partial charge in [-0.05, 0) is 105 Å². The summed E-state index contributed by atoms with van der Waals surface area (Å²) in [6.07, 6.45) is 6.74. The van der Waals surface area contributed by atoms with Crippen LogP contribution < -0.4 is 15.5 Å². The smallest absolute Gasteiger partial charge is 0.250 e. The number of nitrogens with zero attached hydrogens (tertiary/aromatic N) is 1. The number of halogens is 1. The number of rotatable bonds is 5. The molecule has 4 rings (SSSR count). The molecule has 0 aliphatic carbocycles. The van der Waals surface area contributed by atoms with E-state index in [0.717, 1.165) is 17.8 Å². The highest BCUT2D eigenvalue weighted by Crippen LogP contribution is 2.26. The van der Waals surface area contributed by atoms with Crippen molar-refractivity contribution in [3.63, 3.8) is 0 Å². The minimum atomic E-state index is -0.337. The van der Waals surface area contributed by atoms with Gasteiger partial charge in [0.05, 0.1) is 0 Å². The van der Waals surface area contributed by atoms with Crippen molar-refractivity contribution in [2.75, 3.05) is 16.8 Å². The van der Waals surface area contributed by atoms with Crippen LogP contribution in [-0.2, 0) is 4.79 Å². The van der Waals surface area contributed by atoms with Gasteiger partial charge in [0.15, 0.2) is 5.11 Å². The molecule has 7 heteroatoms. The highest BCUT2D eigenvalue weighted by atomic mass is 35.5. The second-order valence-electron chi connectivity index (χ2n) is 8.07. The summed E-state index contributed by atoms with van der Waals surface area (Å²) in [6.45, 7) is 3.36. The summed E-state index contributed by atoms with van der Waals surface area (Å²) in [5.74, 6) is 0.929. The first-order valence-electron chi connectivity index (χ1n) is 11.0. The normalized spacial score (nSPS) is 16.1. The van der Waals surface area contributed by atoms with Crippen LogP contribution in [0.3, 0.4) is 0 Å². The molecule has 2 aromatic carbocycles. The number of anilines is 2. The van der Waals surface area contributed by atoms with Gasteiger partial charge in [-0.15, -0.1) is 0 Å². The average molecular weight is 480 g/mol. The zero-order valence-electron chi connectivity index (χ0n) is 18.4. The summed E-state index contributed by atoms with van der Waals surface area (Å²) in [4.78, 5) is 14.7. The van der Waals surface area contributed by atoms with Crippen LogP contribution in [0.2, 0.25) is 5.02 Å². The Morgan fingerprint density at radius 2 is 1.85 bits per heavy atom. The molecule has 1 fully saturated rings. The number of furan rings is 1. The molecular weight excluding hydrogens is 454 g/mol. The summed E-state index contributed by atoms with van der Waals surface area (Å²) < 4.78 is 5.77. The van der Waals surface area contributed by atoms with E-state index < -0.39 is 0 Å². The maximum absolute atomic E-state index is 12.2. The van der Waals surface area contributed by atoms with Gasteiger partial charge in [-0.25, -0.2) is 0 Å². The molecule has 1 amide bonds. The molecule has 0 spiro atoms. The van der Waals surface area contributed by atoms with Crippen molar-refractivity contribution in [3.05, 3.63) is 77.5 Å². The molecular formula is C26H26ClN3O2S. The van der Waals surface area contributed by atoms with Crippen LogP contribution in [-0.4, -0.2) is 23.6 Å². The predicted octanol–water partition coefficient (Wildman–Crippen LogP) is 6.51. The average Bonchev–Trinajstić information content (AvgIpc) is 3.28. The lowest BCUT2D eigenvalue weighted by Gasteiger charge is -2.35. The molecule has 3 aromatic rings. The van der Waals surface area contributed by atoms with E-state index in [1.54, 1.807) is 24.3 Å². The first-order chi connectivity index (χ1) is 16.0. The summed E-state index contributed by atoms with van der Waals surface area (Å²) >= 11 is 11.2. The van der Waals surface area contributed by atoms with Gasteiger partial charge in [-0.3, -0.25) is 10.1 Å². The number of hydrogen-bond donors (Lipinski definition) is 2. The Morgan fingerprint density at radius 3 is 2.58 bits per heavy atom. The third kappa shape index (κ3) is 6.24. The van der Waals surface area contributed by atoms with E-state index in [-0.39, 0.29) is 11.0 Å². The zero-order valence-corrected chi connectivity index (χ0v) is 20.0. The number of amides is 1. The molecule has 33 heavy (non-hydrogen) atoms. The van der Waals surface area contributed by atoms with Crippen LogP contribution in [0.15, 0.2) is 71.2 Å². The lowest BCUT2D eigenvalue weighted by Crippen LogP contribution is -2.37. The molecule has 170 valence electrons. The van der Waals surface area contributed by atoms with Crippen LogP contribution in [0.4, 0.5) is 11.4 Å². The molecule has 1 unspecified atom stereocenters. The Bertz CT molecular complexity index is 1140. The zero-order chi connectivity index (χ0) is 23.2. The number of benzene rings is 2. The van der Waals surface area contributed by atoms with Gasteiger partial charge in [-0.2, -0.15) is 0 Å². The summed E-state index contributed by atoms with van der Waals surface area (Å²) in [5.41, 5.74) is 2.95. The summed E-state index contributed by atoms with van der Waals surface area (Å²) in [6, 6.07) is 19.7. The fourth-order valence-corrected chi connectivity index (χ4v) is 4.25. The molecule has 5 nitrogen and oxygen atoms in total. The van der Waals surface area contributed by atoms with Crippen LogP contribution >= 0.6 is 23.8 Å². The molecule has 2 N–H and O–H groups in total. The molecule has 0 radical (unpaired) electrons.